The first-order valence-corrected chi connectivity index (χ1v) is 18.0. The quantitative estimate of drug-likeness (QED) is 0.171. The molecule has 1 aromatic heterocycles. The van der Waals surface area contributed by atoms with Crippen molar-refractivity contribution >= 4 is 67.7 Å². The molecule has 0 spiro atoms. The van der Waals surface area contributed by atoms with E-state index in [2.05, 4.69) is 34.4 Å². The van der Waals surface area contributed by atoms with Crippen LogP contribution in [0.4, 0.5) is 34.3 Å². The fourth-order valence-electron chi connectivity index (χ4n) is 6.47. The maximum absolute atomic E-state index is 14.6. The van der Waals surface area contributed by atoms with E-state index < -0.39 is 15.9 Å². The van der Waals surface area contributed by atoms with Crippen LogP contribution in [-0.4, -0.2) is 52.0 Å². The summed E-state index contributed by atoms with van der Waals surface area (Å²) >= 11 is 0. The van der Waals surface area contributed by atoms with E-state index in [1.165, 1.54) is 31.9 Å². The summed E-state index contributed by atoms with van der Waals surface area (Å²) < 4.78 is 40.7. The van der Waals surface area contributed by atoms with Gasteiger partial charge >= 0.3 is 0 Å². The van der Waals surface area contributed by atoms with E-state index in [-0.39, 0.29) is 39.6 Å². The molecule has 0 bridgehead atoms. The van der Waals surface area contributed by atoms with Crippen molar-refractivity contribution in [3.8, 4) is 5.75 Å². The molecule has 0 radical (unpaired) electrons. The van der Waals surface area contributed by atoms with Crippen molar-refractivity contribution in [1.29, 1.82) is 0 Å². The summed E-state index contributed by atoms with van der Waals surface area (Å²) in [6.07, 6.45) is 4.84. The number of furan rings is 1. The van der Waals surface area contributed by atoms with Crippen LogP contribution in [0.25, 0.3) is 0 Å². The number of fused-ring (bicyclic) bond motifs is 2. The number of anilines is 4. The van der Waals surface area contributed by atoms with Gasteiger partial charge in [-0.2, -0.15) is 4.99 Å². The second-order valence-electron chi connectivity index (χ2n) is 12.1. The normalized spacial score (nSPS) is 15.0. The SMILES string of the molecule is CCN(CC)c1ccc(/N=C(\C(=O)Nc2cc(NC(C)=O)ccc2OC)C2=Nc3occc3S(=O)(=O)N2c2cccc(C)c2)c2c1CCCC2. The molecule has 4 aromatic rings. The van der Waals surface area contributed by atoms with E-state index in [1.54, 1.807) is 36.4 Å². The average molecular weight is 697 g/mol. The fourth-order valence-corrected chi connectivity index (χ4v) is 7.96. The van der Waals surface area contributed by atoms with Gasteiger partial charge in [-0.1, -0.05) is 12.1 Å². The Bertz CT molecular complexity index is 2130. The summed E-state index contributed by atoms with van der Waals surface area (Å²) in [5.41, 5.74) is 5.35. The highest BCUT2D eigenvalue weighted by Crippen LogP contribution is 2.40. The number of carbonyl (C=O) groups is 2. The molecule has 6 rings (SSSR count). The summed E-state index contributed by atoms with van der Waals surface area (Å²) in [4.78, 5) is 38.3. The lowest BCUT2D eigenvalue weighted by molar-refractivity contribution is -0.114. The van der Waals surface area contributed by atoms with Gasteiger partial charge in [0.15, 0.2) is 16.4 Å². The minimum absolute atomic E-state index is 0.131. The Morgan fingerprint density at radius 2 is 1.76 bits per heavy atom. The van der Waals surface area contributed by atoms with Gasteiger partial charge in [-0.25, -0.2) is 17.7 Å². The van der Waals surface area contributed by atoms with Gasteiger partial charge in [0.05, 0.1) is 30.4 Å². The molecule has 12 nitrogen and oxygen atoms in total. The molecule has 2 amide bonds. The molecule has 0 atom stereocenters. The standard InChI is InChI=1S/C37H40N6O6S/c1-6-42(7-2)31-17-16-29(27-13-8-9-14-28(27)31)39-34(36(45)40-30-22-25(38-24(4)44)15-18-32(30)48-5)35-41-37-33(19-20-49-37)50(46,47)43(35)26-12-10-11-23(3)21-26/h10-12,15-22H,6-9,13-14H2,1-5H3,(H,38,44)(H,40,45)/b39-34-. The molecule has 1 aliphatic carbocycles. The van der Waals surface area contributed by atoms with Gasteiger partial charge in [-0.15, -0.1) is 0 Å². The first kappa shape index (κ1) is 34.4. The molecule has 3 aromatic carbocycles. The van der Waals surface area contributed by atoms with E-state index in [0.29, 0.717) is 17.1 Å². The zero-order valence-corrected chi connectivity index (χ0v) is 29.6. The summed E-state index contributed by atoms with van der Waals surface area (Å²) in [6, 6.07) is 17.0. The van der Waals surface area contributed by atoms with Crippen LogP contribution in [0.1, 0.15) is 50.3 Å². The van der Waals surface area contributed by atoms with E-state index in [4.69, 9.17) is 14.1 Å². The molecule has 2 aliphatic rings. The largest absolute Gasteiger partial charge is 0.495 e. The molecule has 13 heteroatoms. The van der Waals surface area contributed by atoms with E-state index in [9.17, 15) is 18.0 Å². The zero-order chi connectivity index (χ0) is 35.6. The lowest BCUT2D eigenvalue weighted by Gasteiger charge is -2.30. The van der Waals surface area contributed by atoms with Crippen LogP contribution < -0.4 is 24.6 Å². The van der Waals surface area contributed by atoms with Crippen molar-refractivity contribution in [2.24, 2.45) is 9.98 Å². The number of amidine groups is 1. The van der Waals surface area contributed by atoms with Gasteiger partial charge in [0, 0.05) is 31.4 Å². The Morgan fingerprint density at radius 3 is 2.46 bits per heavy atom. The number of nitrogens with one attached hydrogen (secondary N) is 2. The number of hydrogen-bond acceptors (Lipinski definition) is 9. The Hall–Kier alpha value is -5.43. The monoisotopic (exact) mass is 696 g/mol. The van der Waals surface area contributed by atoms with Crippen LogP contribution in [0.15, 0.2) is 86.2 Å². The molecule has 0 fully saturated rings. The van der Waals surface area contributed by atoms with Gasteiger partial charge < -0.3 is 24.7 Å². The second-order valence-corrected chi connectivity index (χ2v) is 13.8. The Balaban J connectivity index is 1.59. The third kappa shape index (κ3) is 6.60. The second kappa shape index (κ2) is 14.2. The third-order valence-electron chi connectivity index (χ3n) is 8.78. The van der Waals surface area contributed by atoms with Crippen LogP contribution in [0.2, 0.25) is 0 Å². The number of hydrogen-bond donors (Lipinski definition) is 2. The first-order valence-electron chi connectivity index (χ1n) is 16.6. The summed E-state index contributed by atoms with van der Waals surface area (Å²) in [6.45, 7) is 9.14. The number of carbonyl (C=O) groups excluding carboxylic acids is 2. The van der Waals surface area contributed by atoms with E-state index in [1.807, 2.05) is 25.1 Å². The topological polar surface area (TPSA) is 146 Å². The lowest BCUT2D eigenvalue weighted by atomic mass is 9.88. The molecule has 0 saturated heterocycles. The molecule has 50 heavy (non-hydrogen) atoms. The van der Waals surface area contributed by atoms with Crippen LogP contribution in [0.5, 0.6) is 5.75 Å². The minimum Gasteiger partial charge on any atom is -0.495 e. The van der Waals surface area contributed by atoms with Gasteiger partial charge in [0.2, 0.25) is 11.8 Å². The van der Waals surface area contributed by atoms with Crippen LogP contribution >= 0.6 is 0 Å². The number of methoxy groups -OCH3 is 1. The summed E-state index contributed by atoms with van der Waals surface area (Å²) in [7, 11) is -2.85. The highest BCUT2D eigenvalue weighted by molar-refractivity contribution is 7.94. The molecule has 2 heterocycles. The van der Waals surface area contributed by atoms with E-state index >= 15 is 0 Å². The van der Waals surface area contributed by atoms with Crippen molar-refractivity contribution in [1.82, 2.24) is 0 Å². The number of sulfonamides is 1. The molecule has 1 aliphatic heterocycles. The predicted octanol–water partition coefficient (Wildman–Crippen LogP) is 6.93. The predicted molar refractivity (Wildman–Crippen MR) is 196 cm³/mol. The highest BCUT2D eigenvalue weighted by Gasteiger charge is 2.41. The van der Waals surface area contributed by atoms with Gasteiger partial charge in [-0.3, -0.25) is 9.59 Å². The highest BCUT2D eigenvalue weighted by atomic mass is 32.2. The lowest BCUT2D eigenvalue weighted by Crippen LogP contribution is -2.47. The summed E-state index contributed by atoms with van der Waals surface area (Å²) in [5, 5.41) is 5.57. The molecular formula is C37H40N6O6S. The average Bonchev–Trinajstić information content (AvgIpc) is 3.58. The summed E-state index contributed by atoms with van der Waals surface area (Å²) in [5.74, 6) is -1.12. The van der Waals surface area contributed by atoms with Gasteiger partial charge in [0.25, 0.3) is 15.9 Å². The zero-order valence-electron chi connectivity index (χ0n) is 28.7. The van der Waals surface area contributed by atoms with Gasteiger partial charge in [0.1, 0.15) is 5.75 Å². The van der Waals surface area contributed by atoms with Crippen molar-refractivity contribution < 1.29 is 27.2 Å². The molecule has 0 saturated carbocycles. The molecule has 2 N–H and O–H groups in total. The number of nitrogens with zero attached hydrogens (tertiary/aromatic N) is 4. The van der Waals surface area contributed by atoms with Gasteiger partial charge in [-0.05, 0) is 112 Å². The van der Waals surface area contributed by atoms with E-state index in [0.717, 1.165) is 59.9 Å². The van der Waals surface area contributed by atoms with Crippen LogP contribution in [0, 0.1) is 6.92 Å². The Morgan fingerprint density at radius 1 is 1.00 bits per heavy atom. The van der Waals surface area contributed by atoms with Crippen molar-refractivity contribution in [2.75, 3.05) is 40.0 Å². The number of aliphatic imine (C=N–C) groups is 2. The molecule has 0 unspecified atom stereocenters. The first-order chi connectivity index (χ1) is 24.0. The van der Waals surface area contributed by atoms with Crippen molar-refractivity contribution in [3.63, 3.8) is 0 Å². The van der Waals surface area contributed by atoms with Crippen LogP contribution in [-0.2, 0) is 32.5 Å². The smallest absolute Gasteiger partial charge is 0.278 e. The molecular weight excluding hydrogens is 657 g/mol. The fraction of sp³-hybridized carbons (Fsp3) is 0.297. The van der Waals surface area contributed by atoms with Crippen LogP contribution in [0.3, 0.4) is 0 Å². The Kier molecular flexibility index (Phi) is 9.78. The van der Waals surface area contributed by atoms with Crippen molar-refractivity contribution in [3.05, 3.63) is 83.6 Å². The maximum Gasteiger partial charge on any atom is 0.278 e. The number of aryl methyl sites for hydroxylation is 1. The number of ether oxygens (including phenoxy) is 1. The number of amides is 2. The number of benzene rings is 3. The minimum atomic E-state index is -4.31. The maximum atomic E-state index is 14.6. The Labute approximate surface area is 291 Å². The third-order valence-corrected chi connectivity index (χ3v) is 10.5. The number of rotatable bonds is 10. The van der Waals surface area contributed by atoms with Crippen molar-refractivity contribution in [2.45, 2.75) is 58.3 Å². The molecule has 260 valence electrons.